The smallest absolute Gasteiger partial charge is 0.123 e. The minimum Gasteiger partial charge on any atom is -0.490 e. The van der Waals surface area contributed by atoms with Crippen LogP contribution < -0.4 is 10.1 Å². The van der Waals surface area contributed by atoms with Crippen LogP contribution in [0, 0.1) is 5.41 Å². The van der Waals surface area contributed by atoms with Gasteiger partial charge in [-0.05, 0) is 49.1 Å². The maximum atomic E-state index is 6.16. The Hall–Kier alpha value is -1.02. The molecule has 1 unspecified atom stereocenters. The summed E-state index contributed by atoms with van der Waals surface area (Å²) in [6.07, 6.45) is 7.84. The van der Waals surface area contributed by atoms with E-state index in [2.05, 4.69) is 43.4 Å². The van der Waals surface area contributed by atoms with Gasteiger partial charge in [-0.25, -0.2) is 0 Å². The van der Waals surface area contributed by atoms with E-state index in [1.165, 1.54) is 37.7 Å². The number of hydrogen-bond acceptors (Lipinski definition) is 2. The highest BCUT2D eigenvalue weighted by Gasteiger charge is 2.35. The van der Waals surface area contributed by atoms with Gasteiger partial charge < -0.3 is 10.1 Å². The summed E-state index contributed by atoms with van der Waals surface area (Å²) in [5.41, 5.74) is 1.78. The summed E-state index contributed by atoms with van der Waals surface area (Å²) in [4.78, 5) is 0. The number of benzene rings is 1. The number of para-hydroxylation sites is 1. The molecule has 2 heteroatoms. The summed E-state index contributed by atoms with van der Waals surface area (Å²) < 4.78 is 6.16. The lowest BCUT2D eigenvalue weighted by molar-refractivity contribution is 0.122. The molecule has 0 amide bonds. The van der Waals surface area contributed by atoms with E-state index in [4.69, 9.17) is 4.74 Å². The molecule has 1 N–H and O–H groups in total. The molecule has 1 fully saturated rings. The van der Waals surface area contributed by atoms with E-state index in [1.807, 2.05) is 0 Å². The van der Waals surface area contributed by atoms with Crippen LogP contribution in [-0.2, 0) is 6.42 Å². The van der Waals surface area contributed by atoms with Gasteiger partial charge in [-0.2, -0.15) is 0 Å². The fourth-order valence-corrected chi connectivity index (χ4v) is 3.36. The molecular formula is C18H27NO. The Morgan fingerprint density at radius 2 is 1.95 bits per heavy atom. The number of rotatable bonds is 7. The molecule has 1 aliphatic heterocycles. The standard InChI is InChI=1S/C18H27NO/c1-3-18(4-2,13-19-15-9-10-15)12-16-11-14-7-5-6-8-17(14)20-16/h5-8,15-16,19H,3-4,9-13H2,1-2H3. The summed E-state index contributed by atoms with van der Waals surface area (Å²) in [6, 6.07) is 9.30. The quantitative estimate of drug-likeness (QED) is 0.812. The maximum absolute atomic E-state index is 6.16. The molecule has 0 spiro atoms. The molecule has 3 rings (SSSR count). The molecule has 2 aliphatic rings. The van der Waals surface area contributed by atoms with Gasteiger partial charge in [0.05, 0.1) is 0 Å². The lowest BCUT2D eigenvalue weighted by Crippen LogP contribution is -2.38. The van der Waals surface area contributed by atoms with Gasteiger partial charge >= 0.3 is 0 Å². The van der Waals surface area contributed by atoms with Crippen LogP contribution in [0.2, 0.25) is 0 Å². The van der Waals surface area contributed by atoms with Crippen molar-refractivity contribution in [1.82, 2.24) is 5.32 Å². The topological polar surface area (TPSA) is 21.3 Å². The molecular weight excluding hydrogens is 246 g/mol. The molecule has 0 saturated heterocycles. The summed E-state index contributed by atoms with van der Waals surface area (Å²) in [7, 11) is 0. The van der Waals surface area contributed by atoms with Gasteiger partial charge in [-0.1, -0.05) is 32.0 Å². The predicted octanol–water partition coefficient (Wildman–Crippen LogP) is 3.94. The highest BCUT2D eigenvalue weighted by Crippen LogP contribution is 2.38. The largest absolute Gasteiger partial charge is 0.490 e. The molecule has 1 atom stereocenters. The molecule has 110 valence electrons. The third-order valence-corrected chi connectivity index (χ3v) is 5.22. The van der Waals surface area contributed by atoms with Crippen molar-refractivity contribution < 1.29 is 4.74 Å². The molecule has 1 saturated carbocycles. The maximum Gasteiger partial charge on any atom is 0.123 e. The third kappa shape index (κ3) is 3.01. The second-order valence-electron chi connectivity index (χ2n) is 6.62. The van der Waals surface area contributed by atoms with Gasteiger partial charge in [0, 0.05) is 19.0 Å². The Morgan fingerprint density at radius 3 is 2.60 bits per heavy atom. The fraction of sp³-hybridized carbons (Fsp3) is 0.667. The molecule has 2 nitrogen and oxygen atoms in total. The number of hydrogen-bond donors (Lipinski definition) is 1. The van der Waals surface area contributed by atoms with Crippen LogP contribution in [0.25, 0.3) is 0 Å². The van der Waals surface area contributed by atoms with Crippen molar-refractivity contribution in [3.8, 4) is 5.75 Å². The van der Waals surface area contributed by atoms with Crippen LogP contribution in [0.15, 0.2) is 24.3 Å². The van der Waals surface area contributed by atoms with Crippen molar-refractivity contribution in [1.29, 1.82) is 0 Å². The Bertz CT molecular complexity index is 423. The van der Waals surface area contributed by atoms with E-state index in [-0.39, 0.29) is 0 Å². The van der Waals surface area contributed by atoms with E-state index in [1.54, 1.807) is 0 Å². The van der Waals surface area contributed by atoms with Crippen molar-refractivity contribution in [2.75, 3.05) is 6.54 Å². The normalized spacial score (nSPS) is 21.6. The zero-order valence-corrected chi connectivity index (χ0v) is 12.8. The Kier molecular flexibility index (Phi) is 4.02. The van der Waals surface area contributed by atoms with Gasteiger partial charge in [0.25, 0.3) is 0 Å². The van der Waals surface area contributed by atoms with Crippen molar-refractivity contribution in [3.05, 3.63) is 29.8 Å². The number of ether oxygens (including phenoxy) is 1. The van der Waals surface area contributed by atoms with Crippen molar-refractivity contribution >= 4 is 0 Å². The van der Waals surface area contributed by atoms with Gasteiger partial charge in [-0.3, -0.25) is 0 Å². The van der Waals surface area contributed by atoms with Gasteiger partial charge in [-0.15, -0.1) is 0 Å². The van der Waals surface area contributed by atoms with E-state index in [9.17, 15) is 0 Å². The van der Waals surface area contributed by atoms with Crippen LogP contribution in [0.5, 0.6) is 5.75 Å². The molecule has 1 aromatic rings. The first-order valence-electron chi connectivity index (χ1n) is 8.22. The minimum atomic E-state index is 0.369. The van der Waals surface area contributed by atoms with Gasteiger partial charge in [0.2, 0.25) is 0 Å². The molecule has 1 aliphatic carbocycles. The first-order valence-corrected chi connectivity index (χ1v) is 8.22. The highest BCUT2D eigenvalue weighted by molar-refractivity contribution is 5.37. The SMILES string of the molecule is CCC(CC)(CNC1CC1)CC1Cc2ccccc2O1. The zero-order valence-electron chi connectivity index (χ0n) is 12.8. The number of fused-ring (bicyclic) bond motifs is 1. The van der Waals surface area contributed by atoms with Crippen molar-refractivity contribution in [3.63, 3.8) is 0 Å². The molecule has 1 heterocycles. The monoisotopic (exact) mass is 273 g/mol. The molecule has 0 aromatic heterocycles. The van der Waals surface area contributed by atoms with E-state index >= 15 is 0 Å². The van der Waals surface area contributed by atoms with E-state index in [0.29, 0.717) is 11.5 Å². The van der Waals surface area contributed by atoms with Crippen LogP contribution in [0.4, 0.5) is 0 Å². The Labute approximate surface area is 122 Å². The van der Waals surface area contributed by atoms with E-state index < -0.39 is 0 Å². The van der Waals surface area contributed by atoms with Crippen LogP contribution >= 0.6 is 0 Å². The first-order chi connectivity index (χ1) is 9.74. The summed E-state index contributed by atoms with van der Waals surface area (Å²) in [5, 5.41) is 3.74. The molecule has 0 bridgehead atoms. The lowest BCUT2D eigenvalue weighted by Gasteiger charge is -2.34. The molecule has 20 heavy (non-hydrogen) atoms. The second kappa shape index (κ2) is 5.77. The average molecular weight is 273 g/mol. The van der Waals surface area contributed by atoms with Gasteiger partial charge in [0.15, 0.2) is 0 Å². The zero-order chi connectivity index (χ0) is 14.0. The van der Waals surface area contributed by atoms with Crippen LogP contribution in [0.3, 0.4) is 0 Å². The Morgan fingerprint density at radius 1 is 1.20 bits per heavy atom. The van der Waals surface area contributed by atoms with Crippen molar-refractivity contribution in [2.45, 2.75) is 64.5 Å². The predicted molar refractivity (Wildman–Crippen MR) is 83.2 cm³/mol. The van der Waals surface area contributed by atoms with E-state index in [0.717, 1.165) is 24.8 Å². The summed E-state index contributed by atoms with van der Waals surface area (Å²) >= 11 is 0. The average Bonchev–Trinajstić information content (AvgIpc) is 3.22. The van der Waals surface area contributed by atoms with Crippen LogP contribution in [0.1, 0.15) is 51.5 Å². The fourth-order valence-electron chi connectivity index (χ4n) is 3.36. The summed E-state index contributed by atoms with van der Waals surface area (Å²) in [6.45, 7) is 5.82. The minimum absolute atomic E-state index is 0.369. The lowest BCUT2D eigenvalue weighted by atomic mass is 9.76. The third-order valence-electron chi connectivity index (χ3n) is 5.22. The van der Waals surface area contributed by atoms with Crippen LogP contribution in [-0.4, -0.2) is 18.7 Å². The second-order valence-corrected chi connectivity index (χ2v) is 6.62. The summed E-state index contributed by atoms with van der Waals surface area (Å²) in [5.74, 6) is 1.11. The number of nitrogens with one attached hydrogen (secondary N) is 1. The Balaban J connectivity index is 1.62. The molecule has 0 radical (unpaired) electrons. The van der Waals surface area contributed by atoms with Crippen molar-refractivity contribution in [2.24, 2.45) is 5.41 Å². The van der Waals surface area contributed by atoms with Gasteiger partial charge in [0.1, 0.15) is 11.9 Å². The highest BCUT2D eigenvalue weighted by atomic mass is 16.5. The first kappa shape index (κ1) is 13.9. The molecule has 1 aromatic carbocycles.